The van der Waals surface area contributed by atoms with Crippen molar-refractivity contribution in [3.05, 3.63) is 35.9 Å². The lowest BCUT2D eigenvalue weighted by atomic mass is 10.2. The average Bonchev–Trinajstić information content (AvgIpc) is 2.70. The molecule has 0 saturated carbocycles. The van der Waals surface area contributed by atoms with Gasteiger partial charge < -0.3 is 19.9 Å². The maximum atomic E-state index is 5.12. The number of guanidine groups is 1. The molecule has 2 rings (SSSR count). The highest BCUT2D eigenvalue weighted by molar-refractivity contribution is 5.80. The fraction of sp³-hybridized carbons (Fsp3) is 0.667. The Kier molecular flexibility index (Phi) is 10.2. The first-order valence-corrected chi connectivity index (χ1v) is 10.2. The van der Waals surface area contributed by atoms with Crippen LogP contribution in [0.1, 0.15) is 18.9 Å². The molecule has 1 aliphatic heterocycles. The summed E-state index contributed by atoms with van der Waals surface area (Å²) in [6.45, 7) is 12.0. The van der Waals surface area contributed by atoms with Gasteiger partial charge in [-0.25, -0.2) is 0 Å². The second-order valence-corrected chi connectivity index (χ2v) is 7.13. The largest absolute Gasteiger partial charge is 0.383 e. The molecule has 0 bridgehead atoms. The number of hydrogen-bond acceptors (Lipinski definition) is 4. The summed E-state index contributed by atoms with van der Waals surface area (Å²) in [7, 11) is 3.89. The SMILES string of the molecule is CCNC(=NCCCN(C)CCOC)N1CCN(Cc2ccccc2)CC1. The molecule has 0 aliphatic carbocycles. The molecule has 0 spiro atoms. The summed E-state index contributed by atoms with van der Waals surface area (Å²) in [6, 6.07) is 10.7. The van der Waals surface area contributed by atoms with Gasteiger partial charge in [-0.1, -0.05) is 30.3 Å². The zero-order chi connectivity index (χ0) is 19.3. The van der Waals surface area contributed by atoms with Crippen molar-refractivity contribution in [1.82, 2.24) is 20.0 Å². The van der Waals surface area contributed by atoms with Crippen LogP contribution in [0, 0.1) is 0 Å². The van der Waals surface area contributed by atoms with Gasteiger partial charge in [0.25, 0.3) is 0 Å². The summed E-state index contributed by atoms with van der Waals surface area (Å²) in [5, 5.41) is 3.46. The van der Waals surface area contributed by atoms with Gasteiger partial charge in [-0.05, 0) is 32.5 Å². The van der Waals surface area contributed by atoms with Crippen molar-refractivity contribution in [2.75, 3.05) is 73.1 Å². The van der Waals surface area contributed by atoms with Gasteiger partial charge in [-0.15, -0.1) is 0 Å². The predicted molar refractivity (Wildman–Crippen MR) is 113 cm³/mol. The lowest BCUT2D eigenvalue weighted by molar-refractivity contribution is 0.161. The Hall–Kier alpha value is -1.63. The number of rotatable bonds is 10. The summed E-state index contributed by atoms with van der Waals surface area (Å²) in [5.41, 5.74) is 1.39. The van der Waals surface area contributed by atoms with Gasteiger partial charge in [0.1, 0.15) is 0 Å². The van der Waals surface area contributed by atoms with E-state index in [9.17, 15) is 0 Å². The zero-order valence-electron chi connectivity index (χ0n) is 17.4. The van der Waals surface area contributed by atoms with Crippen LogP contribution in [0.5, 0.6) is 0 Å². The minimum atomic E-state index is 0.787. The molecule has 1 heterocycles. The standard InChI is InChI=1S/C21H37N5O/c1-4-22-21(23-11-8-12-24(2)17-18-27-3)26-15-13-25(14-16-26)19-20-9-6-5-7-10-20/h5-7,9-10H,4,8,11-19H2,1-3H3,(H,22,23). The van der Waals surface area contributed by atoms with Crippen LogP contribution in [0.2, 0.25) is 0 Å². The van der Waals surface area contributed by atoms with Crippen LogP contribution in [0.25, 0.3) is 0 Å². The number of aliphatic imine (C=N–C) groups is 1. The number of hydrogen-bond donors (Lipinski definition) is 1. The molecular formula is C21H37N5O. The quantitative estimate of drug-likeness (QED) is 0.383. The molecule has 27 heavy (non-hydrogen) atoms. The van der Waals surface area contributed by atoms with Crippen LogP contribution in [-0.2, 0) is 11.3 Å². The van der Waals surface area contributed by atoms with Gasteiger partial charge in [0, 0.05) is 59.5 Å². The smallest absolute Gasteiger partial charge is 0.194 e. The molecule has 1 aromatic rings. The third kappa shape index (κ3) is 8.28. The van der Waals surface area contributed by atoms with Crippen molar-refractivity contribution in [1.29, 1.82) is 0 Å². The summed E-state index contributed by atoms with van der Waals surface area (Å²) in [6.07, 6.45) is 1.07. The van der Waals surface area contributed by atoms with Crippen molar-refractivity contribution in [2.45, 2.75) is 19.9 Å². The molecule has 1 aliphatic rings. The van der Waals surface area contributed by atoms with E-state index in [0.29, 0.717) is 0 Å². The van der Waals surface area contributed by atoms with E-state index in [2.05, 4.69) is 64.3 Å². The van der Waals surface area contributed by atoms with E-state index in [1.165, 1.54) is 5.56 Å². The third-order valence-corrected chi connectivity index (χ3v) is 4.89. The molecule has 0 atom stereocenters. The van der Waals surface area contributed by atoms with Gasteiger partial charge in [-0.3, -0.25) is 9.89 Å². The Morgan fingerprint density at radius 2 is 1.89 bits per heavy atom. The van der Waals surface area contributed by atoms with Gasteiger partial charge in [0.2, 0.25) is 0 Å². The zero-order valence-corrected chi connectivity index (χ0v) is 17.4. The lowest BCUT2D eigenvalue weighted by Crippen LogP contribution is -2.52. The Labute approximate surface area is 165 Å². The molecule has 1 aromatic carbocycles. The van der Waals surface area contributed by atoms with Crippen molar-refractivity contribution < 1.29 is 4.74 Å². The van der Waals surface area contributed by atoms with Crippen molar-refractivity contribution in [2.24, 2.45) is 4.99 Å². The van der Waals surface area contributed by atoms with Crippen LogP contribution >= 0.6 is 0 Å². The molecule has 6 heteroatoms. The lowest BCUT2D eigenvalue weighted by Gasteiger charge is -2.36. The molecule has 1 saturated heterocycles. The first-order valence-electron chi connectivity index (χ1n) is 10.2. The molecule has 152 valence electrons. The molecular weight excluding hydrogens is 338 g/mol. The number of nitrogens with zero attached hydrogens (tertiary/aromatic N) is 4. The topological polar surface area (TPSA) is 43.3 Å². The van der Waals surface area contributed by atoms with Gasteiger partial charge in [0.15, 0.2) is 5.96 Å². The Balaban J connectivity index is 1.74. The van der Waals surface area contributed by atoms with Crippen molar-refractivity contribution >= 4 is 5.96 Å². The number of benzene rings is 1. The number of likely N-dealkylation sites (N-methyl/N-ethyl adjacent to an activating group) is 1. The summed E-state index contributed by atoms with van der Waals surface area (Å²) < 4.78 is 5.12. The number of nitrogens with one attached hydrogen (secondary N) is 1. The fourth-order valence-corrected chi connectivity index (χ4v) is 3.27. The fourth-order valence-electron chi connectivity index (χ4n) is 3.27. The maximum Gasteiger partial charge on any atom is 0.194 e. The second-order valence-electron chi connectivity index (χ2n) is 7.13. The highest BCUT2D eigenvalue weighted by atomic mass is 16.5. The van der Waals surface area contributed by atoms with E-state index in [1.807, 2.05) is 0 Å². The molecule has 1 N–H and O–H groups in total. The van der Waals surface area contributed by atoms with E-state index >= 15 is 0 Å². The highest BCUT2D eigenvalue weighted by Gasteiger charge is 2.19. The normalized spacial score (nSPS) is 16.1. The molecule has 1 fully saturated rings. The van der Waals surface area contributed by atoms with Crippen LogP contribution in [-0.4, -0.2) is 93.8 Å². The number of ether oxygens (including phenoxy) is 1. The first kappa shape index (κ1) is 21.7. The first-order chi connectivity index (χ1) is 13.2. The average molecular weight is 376 g/mol. The van der Waals surface area contributed by atoms with E-state index in [1.54, 1.807) is 7.11 Å². The summed E-state index contributed by atoms with van der Waals surface area (Å²) in [5.74, 6) is 1.07. The van der Waals surface area contributed by atoms with Gasteiger partial charge in [0.05, 0.1) is 6.61 Å². The predicted octanol–water partition coefficient (Wildman–Crippen LogP) is 1.74. The van der Waals surface area contributed by atoms with E-state index < -0.39 is 0 Å². The van der Waals surface area contributed by atoms with E-state index in [-0.39, 0.29) is 0 Å². The summed E-state index contributed by atoms with van der Waals surface area (Å²) in [4.78, 5) is 12.1. The second kappa shape index (κ2) is 12.7. The number of methoxy groups -OCH3 is 1. The third-order valence-electron chi connectivity index (χ3n) is 4.89. The molecule has 0 aromatic heterocycles. The van der Waals surface area contributed by atoms with Crippen LogP contribution in [0.15, 0.2) is 35.3 Å². The van der Waals surface area contributed by atoms with Crippen molar-refractivity contribution in [3.8, 4) is 0 Å². The Morgan fingerprint density at radius 1 is 1.15 bits per heavy atom. The number of piperazine rings is 1. The Morgan fingerprint density at radius 3 is 2.56 bits per heavy atom. The van der Waals surface area contributed by atoms with Gasteiger partial charge in [-0.2, -0.15) is 0 Å². The van der Waals surface area contributed by atoms with E-state index in [4.69, 9.17) is 9.73 Å². The minimum absolute atomic E-state index is 0.787. The van der Waals surface area contributed by atoms with Crippen LogP contribution in [0.3, 0.4) is 0 Å². The van der Waals surface area contributed by atoms with E-state index in [0.717, 1.165) is 77.9 Å². The minimum Gasteiger partial charge on any atom is -0.383 e. The van der Waals surface area contributed by atoms with Crippen LogP contribution < -0.4 is 5.32 Å². The molecule has 0 radical (unpaired) electrons. The highest BCUT2D eigenvalue weighted by Crippen LogP contribution is 2.08. The molecule has 0 unspecified atom stereocenters. The van der Waals surface area contributed by atoms with Crippen LogP contribution in [0.4, 0.5) is 0 Å². The molecule has 0 amide bonds. The monoisotopic (exact) mass is 375 g/mol. The Bertz CT molecular complexity index is 529. The van der Waals surface area contributed by atoms with Gasteiger partial charge >= 0.3 is 0 Å². The molecule has 6 nitrogen and oxygen atoms in total. The summed E-state index contributed by atoms with van der Waals surface area (Å²) >= 11 is 0. The maximum absolute atomic E-state index is 5.12. The van der Waals surface area contributed by atoms with Crippen molar-refractivity contribution in [3.63, 3.8) is 0 Å².